The SMILES string of the molecule is Cc1nn(C)c(C)c1CCCN=C(N)Nc1cccc(Oc2ccccc2)c1. The minimum atomic E-state index is 0.400. The van der Waals surface area contributed by atoms with E-state index in [0.717, 1.165) is 35.7 Å². The number of aromatic nitrogens is 2. The molecule has 6 heteroatoms. The Morgan fingerprint density at radius 1 is 1.11 bits per heavy atom. The molecule has 0 aliphatic carbocycles. The lowest BCUT2D eigenvalue weighted by Gasteiger charge is -2.09. The summed E-state index contributed by atoms with van der Waals surface area (Å²) in [6, 6.07) is 17.3. The highest BCUT2D eigenvalue weighted by atomic mass is 16.5. The molecule has 0 atom stereocenters. The van der Waals surface area contributed by atoms with Crippen LogP contribution >= 0.6 is 0 Å². The van der Waals surface area contributed by atoms with Crippen LogP contribution < -0.4 is 15.8 Å². The van der Waals surface area contributed by atoms with E-state index in [0.29, 0.717) is 12.5 Å². The zero-order valence-electron chi connectivity index (χ0n) is 16.6. The maximum Gasteiger partial charge on any atom is 0.193 e. The van der Waals surface area contributed by atoms with Crippen LogP contribution in [0.2, 0.25) is 0 Å². The Kier molecular flexibility index (Phi) is 6.32. The minimum Gasteiger partial charge on any atom is -0.457 e. The Balaban J connectivity index is 1.52. The van der Waals surface area contributed by atoms with Crippen LogP contribution in [0.4, 0.5) is 5.69 Å². The summed E-state index contributed by atoms with van der Waals surface area (Å²) in [6.07, 6.45) is 1.87. The third-order valence-electron chi connectivity index (χ3n) is 4.61. The average molecular weight is 377 g/mol. The minimum absolute atomic E-state index is 0.400. The van der Waals surface area contributed by atoms with Crippen LogP contribution in [0.25, 0.3) is 0 Å². The van der Waals surface area contributed by atoms with Crippen LogP contribution in [0, 0.1) is 13.8 Å². The van der Waals surface area contributed by atoms with Crippen molar-refractivity contribution in [1.82, 2.24) is 9.78 Å². The molecular formula is C22H27N5O. The van der Waals surface area contributed by atoms with Crippen LogP contribution in [0.5, 0.6) is 11.5 Å². The number of aryl methyl sites for hydroxylation is 2. The summed E-state index contributed by atoms with van der Waals surface area (Å²) >= 11 is 0. The Morgan fingerprint density at radius 2 is 1.86 bits per heavy atom. The van der Waals surface area contributed by atoms with E-state index < -0.39 is 0 Å². The molecule has 3 rings (SSSR count). The number of rotatable bonds is 7. The van der Waals surface area contributed by atoms with E-state index in [-0.39, 0.29) is 0 Å². The van der Waals surface area contributed by atoms with Gasteiger partial charge in [-0.2, -0.15) is 5.10 Å². The van der Waals surface area contributed by atoms with E-state index in [9.17, 15) is 0 Å². The molecule has 0 aliphatic heterocycles. The molecule has 0 bridgehead atoms. The summed E-state index contributed by atoms with van der Waals surface area (Å²) in [5, 5.41) is 7.58. The fourth-order valence-electron chi connectivity index (χ4n) is 3.08. The largest absolute Gasteiger partial charge is 0.457 e. The molecule has 28 heavy (non-hydrogen) atoms. The Morgan fingerprint density at radius 3 is 2.57 bits per heavy atom. The number of hydrogen-bond acceptors (Lipinski definition) is 3. The van der Waals surface area contributed by atoms with Crippen LogP contribution in [0.1, 0.15) is 23.4 Å². The molecule has 0 fully saturated rings. The molecule has 146 valence electrons. The molecule has 3 aromatic rings. The number of aliphatic imine (C=N–C) groups is 1. The van der Waals surface area contributed by atoms with Gasteiger partial charge in [-0.25, -0.2) is 0 Å². The summed E-state index contributed by atoms with van der Waals surface area (Å²) < 4.78 is 7.77. The number of ether oxygens (including phenoxy) is 1. The van der Waals surface area contributed by atoms with Crippen molar-refractivity contribution in [3.05, 3.63) is 71.5 Å². The maximum atomic E-state index is 6.03. The molecule has 1 aromatic heterocycles. The second kappa shape index (κ2) is 9.08. The highest BCUT2D eigenvalue weighted by Gasteiger charge is 2.08. The van der Waals surface area contributed by atoms with Gasteiger partial charge in [-0.1, -0.05) is 24.3 Å². The van der Waals surface area contributed by atoms with Gasteiger partial charge in [0.15, 0.2) is 5.96 Å². The highest BCUT2D eigenvalue weighted by Crippen LogP contribution is 2.23. The van der Waals surface area contributed by atoms with Crippen molar-refractivity contribution in [1.29, 1.82) is 0 Å². The standard InChI is InChI=1S/C22H27N5O/c1-16-21(17(2)27(3)26-16)13-8-14-24-22(23)25-18-9-7-12-20(15-18)28-19-10-5-4-6-11-19/h4-7,9-12,15H,8,13-14H2,1-3H3,(H3,23,24,25). The predicted octanol–water partition coefficient (Wildman–Crippen LogP) is 4.19. The summed E-state index contributed by atoms with van der Waals surface area (Å²) in [5.74, 6) is 1.94. The molecule has 0 aliphatic rings. The van der Waals surface area contributed by atoms with E-state index in [1.54, 1.807) is 0 Å². The van der Waals surface area contributed by atoms with Gasteiger partial charge in [-0.05, 0) is 56.5 Å². The fourth-order valence-corrected chi connectivity index (χ4v) is 3.08. The molecule has 0 radical (unpaired) electrons. The van der Waals surface area contributed by atoms with Gasteiger partial charge in [-0.3, -0.25) is 9.67 Å². The van der Waals surface area contributed by atoms with Gasteiger partial charge in [-0.15, -0.1) is 0 Å². The van der Waals surface area contributed by atoms with Crippen LogP contribution in [-0.4, -0.2) is 22.3 Å². The first-order valence-corrected chi connectivity index (χ1v) is 9.42. The van der Waals surface area contributed by atoms with Gasteiger partial charge in [0.1, 0.15) is 11.5 Å². The lowest BCUT2D eigenvalue weighted by Crippen LogP contribution is -2.22. The van der Waals surface area contributed by atoms with Crippen LogP contribution in [0.15, 0.2) is 59.6 Å². The third-order valence-corrected chi connectivity index (χ3v) is 4.61. The molecule has 0 spiro atoms. The van der Waals surface area contributed by atoms with Gasteiger partial charge in [0.05, 0.1) is 5.69 Å². The van der Waals surface area contributed by atoms with E-state index in [1.807, 2.05) is 73.3 Å². The summed E-state index contributed by atoms with van der Waals surface area (Å²) in [4.78, 5) is 4.43. The molecule has 3 N–H and O–H groups in total. The monoisotopic (exact) mass is 377 g/mol. The van der Waals surface area contributed by atoms with Crippen molar-refractivity contribution in [2.75, 3.05) is 11.9 Å². The first-order valence-electron chi connectivity index (χ1n) is 9.42. The molecule has 0 saturated carbocycles. The smallest absolute Gasteiger partial charge is 0.193 e. The number of nitrogens with zero attached hydrogens (tertiary/aromatic N) is 3. The average Bonchev–Trinajstić information content (AvgIpc) is 2.92. The van der Waals surface area contributed by atoms with Crippen molar-refractivity contribution in [2.24, 2.45) is 17.8 Å². The second-order valence-corrected chi connectivity index (χ2v) is 6.71. The molecule has 1 heterocycles. The van der Waals surface area contributed by atoms with E-state index >= 15 is 0 Å². The topological polar surface area (TPSA) is 77.5 Å². The lowest BCUT2D eigenvalue weighted by atomic mass is 10.1. The van der Waals surface area contributed by atoms with Gasteiger partial charge in [0, 0.05) is 31.0 Å². The van der Waals surface area contributed by atoms with Gasteiger partial charge < -0.3 is 15.8 Å². The fraction of sp³-hybridized carbons (Fsp3) is 0.273. The van der Waals surface area contributed by atoms with E-state index in [1.165, 1.54) is 11.3 Å². The summed E-state index contributed by atoms with van der Waals surface area (Å²) in [5.41, 5.74) is 10.5. The quantitative estimate of drug-likeness (QED) is 0.368. The predicted molar refractivity (Wildman–Crippen MR) is 114 cm³/mol. The lowest BCUT2D eigenvalue weighted by molar-refractivity contribution is 0.483. The number of guanidine groups is 1. The van der Waals surface area contributed by atoms with Gasteiger partial charge in [0.25, 0.3) is 0 Å². The zero-order valence-corrected chi connectivity index (χ0v) is 16.6. The second-order valence-electron chi connectivity index (χ2n) is 6.71. The Hall–Kier alpha value is -3.28. The molecular weight excluding hydrogens is 350 g/mol. The van der Waals surface area contributed by atoms with Gasteiger partial charge >= 0.3 is 0 Å². The molecule has 0 unspecified atom stereocenters. The number of anilines is 1. The number of nitrogens with one attached hydrogen (secondary N) is 1. The van der Waals surface area contributed by atoms with Crippen LogP contribution in [0.3, 0.4) is 0 Å². The number of hydrogen-bond donors (Lipinski definition) is 2. The summed E-state index contributed by atoms with van der Waals surface area (Å²) in [6.45, 7) is 4.80. The number of para-hydroxylation sites is 1. The molecule has 2 aromatic carbocycles. The third kappa shape index (κ3) is 5.13. The van der Waals surface area contributed by atoms with Crippen LogP contribution in [-0.2, 0) is 13.5 Å². The zero-order chi connectivity index (χ0) is 19.9. The first kappa shape index (κ1) is 19.5. The Labute approximate surface area is 166 Å². The first-order chi connectivity index (χ1) is 13.5. The molecule has 0 saturated heterocycles. The normalized spacial score (nSPS) is 11.5. The summed E-state index contributed by atoms with van der Waals surface area (Å²) in [7, 11) is 1.97. The molecule has 6 nitrogen and oxygen atoms in total. The van der Waals surface area contributed by atoms with Crippen molar-refractivity contribution in [3.63, 3.8) is 0 Å². The van der Waals surface area contributed by atoms with Crippen molar-refractivity contribution in [3.8, 4) is 11.5 Å². The van der Waals surface area contributed by atoms with Crippen molar-refractivity contribution in [2.45, 2.75) is 26.7 Å². The highest BCUT2D eigenvalue weighted by molar-refractivity contribution is 5.92. The van der Waals surface area contributed by atoms with Crippen molar-refractivity contribution < 1.29 is 4.74 Å². The molecule has 0 amide bonds. The van der Waals surface area contributed by atoms with E-state index in [4.69, 9.17) is 10.5 Å². The maximum absolute atomic E-state index is 6.03. The van der Waals surface area contributed by atoms with Gasteiger partial charge in [0.2, 0.25) is 0 Å². The number of nitrogens with two attached hydrogens (primary N) is 1. The Bertz CT molecular complexity index is 947. The number of benzene rings is 2. The van der Waals surface area contributed by atoms with Crippen molar-refractivity contribution >= 4 is 11.6 Å². The van der Waals surface area contributed by atoms with E-state index in [2.05, 4.69) is 22.3 Å².